The van der Waals surface area contributed by atoms with E-state index in [0.717, 1.165) is 89.6 Å². The van der Waals surface area contributed by atoms with Crippen LogP contribution in [0.5, 0.6) is 0 Å². The molecular formula is C101H70F4Ir5N11O5Si2-5. The summed E-state index contributed by atoms with van der Waals surface area (Å²) < 4.78 is 92.5. The SMILES string of the molecule is C[Si](C)(C)c1coc2c(-n3cccn3)[c-]ccc12.FC(F)(F)c1cccc2oc3c(-n4cccn4)[c-]ccc3c12.Fc1c[c-]c(-n2cccn2)c2oc3ccccc3c12.[Ir].[Ir].[Ir].[Ir].[Ir].[c-]1ccc2c(oc3ccccc32)c1-n1ccc(N(c2ccccc2)c2ccccc2)n1.[c-]1ccc2cc([Si](c3ccccc3)(c3ccccc3)c3ccccc3)oc2c1-n1cccn1. The van der Waals surface area contributed by atoms with Crippen LogP contribution in [0, 0.1) is 36.1 Å². The van der Waals surface area contributed by atoms with E-state index in [1.165, 1.54) is 49.0 Å². The number of para-hydroxylation sites is 4. The van der Waals surface area contributed by atoms with Crippen LogP contribution in [0.3, 0.4) is 0 Å². The molecule has 23 rings (SSSR count). The number of fused-ring (bicyclic) bond motifs is 11. The van der Waals surface area contributed by atoms with Crippen molar-refractivity contribution in [3.8, 4) is 28.4 Å². The Morgan fingerprint density at radius 1 is 0.359 bits per heavy atom. The molecule has 0 aliphatic carbocycles. The Bertz CT molecular complexity index is 7450. The van der Waals surface area contributed by atoms with Gasteiger partial charge in [0.1, 0.15) is 16.7 Å². The summed E-state index contributed by atoms with van der Waals surface area (Å²) in [4.78, 5) is 2.13. The van der Waals surface area contributed by atoms with Crippen molar-refractivity contribution in [1.29, 1.82) is 0 Å². The van der Waals surface area contributed by atoms with Gasteiger partial charge in [0.2, 0.25) is 8.07 Å². The van der Waals surface area contributed by atoms with E-state index >= 15 is 0 Å². The normalized spacial score (nSPS) is 11.2. The topological polar surface area (TPSA) is 158 Å². The Kier molecular flexibility index (Phi) is 28.6. The molecule has 23 aromatic rings. The number of halogens is 4. The Morgan fingerprint density at radius 3 is 1.30 bits per heavy atom. The standard InChI is InChI=1S/C29H21N2OSi.C27H18N3O.C16H8F3N2O.C15H8FN2O.C14H15N2OSi.5Ir/c1-4-13-24(14-5-1)33(25-15-6-2-7-16-25,26-17-8-3-9-18-26)28-22-23-12-10-19-27(29(23)32-28)31-21-11-20-30-31;1-3-10-20(11-4-1)30(21-12-5-2-6-13-21)26-18-19-29(28-26)24-16-9-15-23-22-14-7-8-17-25(22)31-27(23)24;17-16(18,19)11-5-2-7-13-14(11)10-4-1-6-12(15(10)22-13)21-9-3-8-20-21;16-11-6-7-12(18-9-3-8-17-18)15-14(11)10-4-1-2-5-13(10)19-15;1-18(2,3)13-10-17-14-11(13)6-4-7-12(14)16-9-5-8-15-16;;;;;/h1-18,20-22H;1-15,17-19H;1-5,7-9H;1-6,8-9H;4-6,8-10H,1-3H3;;;;;/q5*-1;;;;;. The van der Waals surface area contributed by atoms with Crippen LogP contribution in [0.4, 0.5) is 34.8 Å². The van der Waals surface area contributed by atoms with Gasteiger partial charge in [-0.25, -0.2) is 0 Å². The van der Waals surface area contributed by atoms with Crippen LogP contribution < -0.4 is 31.0 Å². The summed E-state index contributed by atoms with van der Waals surface area (Å²) in [6.07, 6.45) is 13.5. The molecule has 0 saturated heterocycles. The summed E-state index contributed by atoms with van der Waals surface area (Å²) in [5.74, 6) is 0.481. The summed E-state index contributed by atoms with van der Waals surface area (Å²) in [7, 11) is -4.09. The van der Waals surface area contributed by atoms with Crippen LogP contribution in [-0.2, 0) is 107 Å². The molecule has 5 radical (unpaired) electrons. The van der Waals surface area contributed by atoms with Gasteiger partial charge in [-0.2, -0.15) is 111 Å². The molecule has 0 atom stereocenters. The first-order valence-electron chi connectivity index (χ1n) is 39.5. The zero-order chi connectivity index (χ0) is 83.6. The van der Waals surface area contributed by atoms with Crippen molar-refractivity contribution in [3.63, 3.8) is 0 Å². The van der Waals surface area contributed by atoms with Gasteiger partial charge in [-0.1, -0.05) is 211 Å². The van der Waals surface area contributed by atoms with E-state index in [1.54, 1.807) is 70.8 Å². The third-order valence-corrected chi connectivity index (χ3v) is 27.8. The minimum Gasteiger partial charge on any atom is -0.521 e. The third kappa shape index (κ3) is 18.0. The number of aromatic nitrogens is 10. The van der Waals surface area contributed by atoms with E-state index in [9.17, 15) is 17.6 Å². The van der Waals surface area contributed by atoms with Crippen LogP contribution in [0.15, 0.2) is 394 Å². The number of furan rings is 5. The molecule has 0 bridgehead atoms. The van der Waals surface area contributed by atoms with Crippen LogP contribution in [0.25, 0.3) is 116 Å². The molecule has 10 heterocycles. The van der Waals surface area contributed by atoms with Crippen molar-refractivity contribution in [2.45, 2.75) is 25.8 Å². The molecule has 0 amide bonds. The fourth-order valence-corrected chi connectivity index (χ4v) is 21.7. The third-order valence-electron chi connectivity index (χ3n) is 21.2. The second kappa shape index (κ2) is 39.9. The van der Waals surface area contributed by atoms with Gasteiger partial charge in [0.05, 0.1) is 30.9 Å². The fourth-order valence-electron chi connectivity index (χ4n) is 15.7. The summed E-state index contributed by atoms with van der Waals surface area (Å²) in [5, 5.41) is 34.1. The van der Waals surface area contributed by atoms with Gasteiger partial charge in [-0.15, -0.1) is 12.1 Å². The monoisotopic (exact) mass is 2610 g/mol. The second-order valence-electron chi connectivity index (χ2n) is 29.8. The maximum atomic E-state index is 14.1. The summed E-state index contributed by atoms with van der Waals surface area (Å²) in [6, 6.07) is 116. The number of alkyl halides is 3. The predicted molar refractivity (Wildman–Crippen MR) is 480 cm³/mol. The molecule has 10 aromatic heterocycles. The number of benzene rings is 13. The van der Waals surface area contributed by atoms with E-state index in [2.05, 4.69) is 215 Å². The van der Waals surface area contributed by atoms with Gasteiger partial charge in [0.25, 0.3) is 0 Å². The Labute approximate surface area is 801 Å². The van der Waals surface area contributed by atoms with Crippen molar-refractivity contribution in [3.05, 3.63) is 413 Å². The molecular weight excluding hydrogens is 2540 g/mol. The predicted octanol–water partition coefficient (Wildman–Crippen LogP) is 22.1. The molecule has 27 heteroatoms. The number of nitrogens with zero attached hydrogens (tertiary/aromatic N) is 11. The maximum absolute atomic E-state index is 14.1. The van der Waals surface area contributed by atoms with Crippen molar-refractivity contribution < 1.29 is 140 Å². The summed E-state index contributed by atoms with van der Waals surface area (Å²) in [5.41, 5.74) is 9.93. The molecule has 13 aromatic carbocycles. The Balaban J connectivity index is 0.000000131. The minimum atomic E-state index is -4.44. The zero-order valence-electron chi connectivity index (χ0n) is 67.9. The van der Waals surface area contributed by atoms with Gasteiger partial charge < -0.3 is 22.1 Å². The van der Waals surface area contributed by atoms with Crippen molar-refractivity contribution in [2.24, 2.45) is 0 Å². The average molecular weight is 2610 g/mol. The van der Waals surface area contributed by atoms with Gasteiger partial charge in [0.15, 0.2) is 5.82 Å². The van der Waals surface area contributed by atoms with Crippen molar-refractivity contribution >= 4 is 147 Å². The zero-order valence-corrected chi connectivity index (χ0v) is 81.8. The number of hydrogen-bond donors (Lipinski definition) is 0. The van der Waals surface area contributed by atoms with E-state index < -0.39 is 27.9 Å². The van der Waals surface area contributed by atoms with Crippen molar-refractivity contribution in [1.82, 2.24) is 48.9 Å². The second-order valence-corrected chi connectivity index (χ2v) is 38.5. The molecule has 0 spiro atoms. The molecule has 0 fully saturated rings. The Hall–Kier alpha value is -12.4. The molecule has 0 saturated carbocycles. The van der Waals surface area contributed by atoms with Crippen LogP contribution in [-0.4, -0.2) is 65.1 Å². The van der Waals surface area contributed by atoms with E-state index in [4.69, 9.17) is 27.2 Å². The van der Waals surface area contributed by atoms with E-state index in [-0.39, 0.29) is 117 Å². The first-order valence-corrected chi connectivity index (χ1v) is 45.0. The van der Waals surface area contributed by atoms with Crippen LogP contribution >= 0.6 is 0 Å². The number of hydrogen-bond acceptors (Lipinski definition) is 11. The molecule has 16 nitrogen and oxygen atoms in total. The van der Waals surface area contributed by atoms with Crippen LogP contribution in [0.1, 0.15) is 5.56 Å². The number of anilines is 3. The maximum Gasteiger partial charge on any atom is 0.417 e. The number of rotatable bonds is 13. The summed E-state index contributed by atoms with van der Waals surface area (Å²) in [6.45, 7) is 6.96. The van der Waals surface area contributed by atoms with Gasteiger partial charge in [-0.3, -0.25) is 32.7 Å². The van der Waals surface area contributed by atoms with E-state index in [1.807, 2.05) is 156 Å². The average Bonchev–Trinajstić information content (AvgIpc) is 1.44. The molecule has 0 N–H and O–H groups in total. The smallest absolute Gasteiger partial charge is 0.417 e. The molecule has 128 heavy (non-hydrogen) atoms. The molecule has 0 aliphatic heterocycles. The molecule has 645 valence electrons. The quantitative estimate of drug-likeness (QED) is 0.0468. The summed E-state index contributed by atoms with van der Waals surface area (Å²) >= 11 is 0. The first-order chi connectivity index (χ1) is 60.2. The van der Waals surface area contributed by atoms with Gasteiger partial charge in [0, 0.05) is 218 Å². The Morgan fingerprint density at radius 2 is 0.781 bits per heavy atom. The first kappa shape index (κ1) is 91.8. The fraction of sp³-hybridized carbons (Fsp3) is 0.0396. The van der Waals surface area contributed by atoms with Gasteiger partial charge >= 0.3 is 6.18 Å². The van der Waals surface area contributed by atoms with Crippen LogP contribution in [0.2, 0.25) is 19.6 Å². The molecule has 0 aliphatic rings. The molecule has 0 unspecified atom stereocenters. The minimum absolute atomic E-state index is 0. The largest absolute Gasteiger partial charge is 0.521 e. The van der Waals surface area contributed by atoms with Gasteiger partial charge in [-0.05, 0) is 133 Å². The van der Waals surface area contributed by atoms with E-state index in [0.29, 0.717) is 38.9 Å². The van der Waals surface area contributed by atoms with Crippen molar-refractivity contribution in [2.75, 3.05) is 4.90 Å².